The zero-order chi connectivity index (χ0) is 17.7. The number of sulfonamides is 1. The monoisotopic (exact) mass is 433 g/mol. The number of thiophene rings is 1. The van der Waals surface area contributed by atoms with E-state index in [1.807, 2.05) is 11.4 Å². The average molecular weight is 434 g/mol. The van der Waals surface area contributed by atoms with Crippen LogP contribution in [0.1, 0.15) is 4.88 Å². The van der Waals surface area contributed by atoms with Crippen molar-refractivity contribution in [1.29, 1.82) is 0 Å². The first-order valence-electron chi connectivity index (χ1n) is 6.81. The number of ether oxygens (including phenoxy) is 2. The van der Waals surface area contributed by atoms with Crippen molar-refractivity contribution in [2.24, 2.45) is 0 Å². The molecule has 0 saturated heterocycles. The van der Waals surface area contributed by atoms with E-state index in [2.05, 4.69) is 20.7 Å². The molecule has 0 bridgehead atoms. The smallest absolute Gasteiger partial charge is 0.321 e. The Kier molecular flexibility index (Phi) is 6.39. The fraction of sp³-hybridized carbons (Fsp3) is 0.267. The highest BCUT2D eigenvalue weighted by molar-refractivity contribution is 9.10. The topological polar surface area (TPSA) is 72.9 Å². The van der Waals surface area contributed by atoms with Gasteiger partial charge in [0.05, 0.1) is 25.7 Å². The number of benzene rings is 1. The molecule has 0 aliphatic heterocycles. The van der Waals surface area contributed by atoms with Crippen LogP contribution in [0.2, 0.25) is 0 Å². The second-order valence-electron chi connectivity index (χ2n) is 4.72. The van der Waals surface area contributed by atoms with Crippen LogP contribution in [0.15, 0.2) is 45.1 Å². The van der Waals surface area contributed by atoms with Crippen molar-refractivity contribution in [2.45, 2.75) is 11.4 Å². The molecule has 0 radical (unpaired) electrons. The van der Waals surface area contributed by atoms with Gasteiger partial charge < -0.3 is 9.47 Å². The second-order valence-corrected chi connectivity index (χ2v) is 8.51. The van der Waals surface area contributed by atoms with Crippen molar-refractivity contribution in [3.05, 3.63) is 45.1 Å². The number of carbonyl (C=O) groups excluding carboxylic acids is 1. The lowest BCUT2D eigenvalue weighted by atomic mass is 10.3. The van der Waals surface area contributed by atoms with Crippen LogP contribution in [0.4, 0.5) is 0 Å². The van der Waals surface area contributed by atoms with Crippen LogP contribution < -0.4 is 4.74 Å². The van der Waals surface area contributed by atoms with E-state index in [9.17, 15) is 13.2 Å². The van der Waals surface area contributed by atoms with Gasteiger partial charge in [-0.3, -0.25) is 4.79 Å². The quantitative estimate of drug-likeness (QED) is 0.627. The van der Waals surface area contributed by atoms with E-state index in [0.29, 0.717) is 5.75 Å². The van der Waals surface area contributed by atoms with Gasteiger partial charge in [0, 0.05) is 9.35 Å². The molecular weight excluding hydrogens is 418 g/mol. The molecule has 1 aromatic heterocycles. The number of halogens is 1. The summed E-state index contributed by atoms with van der Waals surface area (Å²) in [5, 5.41) is 1.84. The highest BCUT2D eigenvalue weighted by Crippen LogP contribution is 2.27. The number of hydrogen-bond donors (Lipinski definition) is 0. The number of hydrogen-bond acceptors (Lipinski definition) is 6. The Morgan fingerprint density at radius 3 is 2.38 bits per heavy atom. The number of esters is 1. The standard InChI is InChI=1S/C15H16BrNO5S2/c1-21-11-3-5-12(6-4-11)24(19,20)17(10-15(18)22-2)9-14-13(16)7-8-23-14/h3-8H,9-10H2,1-2H3. The Morgan fingerprint density at radius 1 is 1.21 bits per heavy atom. The van der Waals surface area contributed by atoms with Gasteiger partial charge in [0.2, 0.25) is 10.0 Å². The van der Waals surface area contributed by atoms with E-state index in [4.69, 9.17) is 4.74 Å². The molecule has 24 heavy (non-hydrogen) atoms. The zero-order valence-electron chi connectivity index (χ0n) is 13.1. The van der Waals surface area contributed by atoms with Gasteiger partial charge in [-0.15, -0.1) is 11.3 Å². The maximum Gasteiger partial charge on any atom is 0.321 e. The molecule has 130 valence electrons. The van der Waals surface area contributed by atoms with Gasteiger partial charge in [0.25, 0.3) is 0 Å². The Labute approximate surface area is 153 Å². The second kappa shape index (κ2) is 8.11. The van der Waals surface area contributed by atoms with E-state index in [1.165, 1.54) is 37.7 Å². The van der Waals surface area contributed by atoms with Crippen molar-refractivity contribution >= 4 is 43.3 Å². The first-order chi connectivity index (χ1) is 11.4. The summed E-state index contributed by atoms with van der Waals surface area (Å²) in [4.78, 5) is 12.5. The van der Waals surface area contributed by atoms with Crippen molar-refractivity contribution < 1.29 is 22.7 Å². The van der Waals surface area contributed by atoms with Gasteiger partial charge in [-0.1, -0.05) is 0 Å². The van der Waals surface area contributed by atoms with Crippen LogP contribution in [-0.4, -0.2) is 39.5 Å². The molecule has 2 rings (SSSR count). The molecular formula is C15H16BrNO5S2. The third kappa shape index (κ3) is 4.35. The van der Waals surface area contributed by atoms with E-state index >= 15 is 0 Å². The molecule has 0 atom stereocenters. The summed E-state index contributed by atoms with van der Waals surface area (Å²) in [6.07, 6.45) is 0. The lowest BCUT2D eigenvalue weighted by Crippen LogP contribution is -2.35. The molecule has 0 saturated carbocycles. The molecule has 0 aliphatic carbocycles. The molecule has 9 heteroatoms. The summed E-state index contributed by atoms with van der Waals surface area (Å²) < 4.78 is 37.3. The van der Waals surface area contributed by atoms with Gasteiger partial charge in [-0.05, 0) is 51.6 Å². The Hall–Kier alpha value is -1.42. The number of methoxy groups -OCH3 is 2. The van der Waals surface area contributed by atoms with Crippen molar-refractivity contribution in [1.82, 2.24) is 4.31 Å². The van der Waals surface area contributed by atoms with Crippen molar-refractivity contribution in [2.75, 3.05) is 20.8 Å². The Balaban J connectivity index is 2.35. The summed E-state index contributed by atoms with van der Waals surface area (Å²) in [5.41, 5.74) is 0. The average Bonchev–Trinajstić information content (AvgIpc) is 2.99. The predicted octanol–water partition coefficient (Wildman–Crippen LogP) is 2.88. The summed E-state index contributed by atoms with van der Waals surface area (Å²) in [7, 11) is -1.14. The number of carbonyl (C=O) groups is 1. The summed E-state index contributed by atoms with van der Waals surface area (Å²) >= 11 is 4.78. The van der Waals surface area contributed by atoms with Crippen LogP contribution in [0.3, 0.4) is 0 Å². The summed E-state index contributed by atoms with van der Waals surface area (Å²) in [6, 6.07) is 7.84. The maximum atomic E-state index is 12.9. The van der Waals surface area contributed by atoms with E-state index in [0.717, 1.165) is 13.7 Å². The zero-order valence-corrected chi connectivity index (χ0v) is 16.3. The Morgan fingerprint density at radius 2 is 1.88 bits per heavy atom. The van der Waals surface area contributed by atoms with Crippen LogP contribution >= 0.6 is 27.3 Å². The SMILES string of the molecule is COC(=O)CN(Cc1sccc1Br)S(=O)(=O)c1ccc(OC)cc1. The van der Waals surface area contributed by atoms with Crippen LogP contribution in [0.5, 0.6) is 5.75 Å². The van der Waals surface area contributed by atoms with Crippen LogP contribution in [-0.2, 0) is 26.1 Å². The third-order valence-electron chi connectivity index (χ3n) is 3.24. The molecule has 0 spiro atoms. The fourth-order valence-electron chi connectivity index (χ4n) is 1.93. The van der Waals surface area contributed by atoms with Gasteiger partial charge in [0.15, 0.2) is 0 Å². The minimum absolute atomic E-state index is 0.0711. The molecule has 1 aromatic carbocycles. The van der Waals surface area contributed by atoms with Gasteiger partial charge in [-0.2, -0.15) is 4.31 Å². The molecule has 0 fully saturated rings. The molecule has 0 unspecified atom stereocenters. The first kappa shape index (κ1) is 18.9. The highest BCUT2D eigenvalue weighted by Gasteiger charge is 2.28. The minimum atomic E-state index is -3.86. The molecule has 0 aliphatic rings. The largest absolute Gasteiger partial charge is 0.497 e. The Bertz CT molecular complexity index is 802. The summed E-state index contributed by atoms with van der Waals surface area (Å²) in [6.45, 7) is -0.295. The maximum absolute atomic E-state index is 12.9. The molecule has 6 nitrogen and oxygen atoms in total. The van der Waals surface area contributed by atoms with Crippen LogP contribution in [0.25, 0.3) is 0 Å². The van der Waals surface area contributed by atoms with Crippen molar-refractivity contribution in [3.8, 4) is 5.75 Å². The lowest BCUT2D eigenvalue weighted by Gasteiger charge is -2.21. The normalized spacial score (nSPS) is 11.5. The van der Waals surface area contributed by atoms with Gasteiger partial charge >= 0.3 is 5.97 Å². The number of rotatable bonds is 7. The molecule has 0 N–H and O–H groups in total. The van der Waals surface area contributed by atoms with Gasteiger partial charge in [0.1, 0.15) is 12.3 Å². The van der Waals surface area contributed by atoms with E-state index in [-0.39, 0.29) is 18.0 Å². The van der Waals surface area contributed by atoms with E-state index in [1.54, 1.807) is 12.1 Å². The molecule has 1 heterocycles. The third-order valence-corrected chi connectivity index (χ3v) is 6.96. The number of nitrogens with zero attached hydrogens (tertiary/aromatic N) is 1. The highest BCUT2D eigenvalue weighted by atomic mass is 79.9. The lowest BCUT2D eigenvalue weighted by molar-refractivity contribution is -0.140. The van der Waals surface area contributed by atoms with Gasteiger partial charge in [-0.25, -0.2) is 8.42 Å². The molecule has 0 amide bonds. The minimum Gasteiger partial charge on any atom is -0.497 e. The summed E-state index contributed by atoms with van der Waals surface area (Å²) in [5.74, 6) is -0.0748. The van der Waals surface area contributed by atoms with Crippen molar-refractivity contribution in [3.63, 3.8) is 0 Å². The van der Waals surface area contributed by atoms with Crippen LogP contribution in [0, 0.1) is 0 Å². The fourth-order valence-corrected chi connectivity index (χ4v) is 4.86. The predicted molar refractivity (Wildman–Crippen MR) is 94.6 cm³/mol. The van der Waals surface area contributed by atoms with E-state index < -0.39 is 16.0 Å². The first-order valence-corrected chi connectivity index (χ1v) is 9.92. The molecule has 2 aromatic rings.